The normalized spacial score (nSPS) is 11.5. The molecule has 0 saturated carbocycles. The van der Waals surface area contributed by atoms with Gasteiger partial charge < -0.3 is 42.6 Å². The van der Waals surface area contributed by atoms with Crippen molar-refractivity contribution in [1.29, 1.82) is 0 Å². The summed E-state index contributed by atoms with van der Waals surface area (Å²) in [5, 5.41) is 0. The van der Waals surface area contributed by atoms with Gasteiger partial charge in [-0.1, -0.05) is 310 Å². The maximum Gasteiger partial charge on any atom is 0.126 e. The lowest BCUT2D eigenvalue weighted by molar-refractivity contribution is 0.233. The molecule has 7 aromatic carbocycles. The van der Waals surface area contributed by atoms with Crippen LogP contribution < -0.4 is 42.6 Å². The van der Waals surface area contributed by atoms with E-state index in [4.69, 9.17) is 57.6 Å². The Morgan fingerprint density at radius 3 is 0.475 bits per heavy atom. The van der Waals surface area contributed by atoms with Crippen LogP contribution in [0.3, 0.4) is 0 Å². The van der Waals surface area contributed by atoms with Crippen LogP contribution in [0.4, 0.5) is 17.1 Å². The Bertz CT molecular complexity index is 3230. The zero-order chi connectivity index (χ0) is 83.8. The number of aliphatic imine (C=N–C) groups is 3. The third-order valence-electron chi connectivity index (χ3n) is 22.4. The Kier molecular flexibility index (Phi) is 57.1. The molecule has 120 heavy (non-hydrogen) atoms. The lowest BCUT2D eigenvalue weighted by Gasteiger charge is -2.14. The molecule has 0 heterocycles. The Morgan fingerprint density at radius 2 is 0.300 bits per heavy atom. The minimum atomic E-state index is 0.439. The fourth-order valence-corrected chi connectivity index (χ4v) is 14.9. The van der Waals surface area contributed by atoms with Crippen molar-refractivity contribution in [2.75, 3.05) is 59.5 Å². The van der Waals surface area contributed by atoms with Gasteiger partial charge in [-0.15, -0.1) is 0 Å². The van der Waals surface area contributed by atoms with Crippen LogP contribution in [-0.4, -0.2) is 78.1 Å². The number of unbranched alkanes of at least 4 members (excludes halogenated alkanes) is 45. The van der Waals surface area contributed by atoms with Gasteiger partial charge in [0.05, 0.1) is 76.5 Å². The summed E-state index contributed by atoms with van der Waals surface area (Å²) in [4.78, 5) is 14.2. The molecule has 7 aromatic rings. The quantitative estimate of drug-likeness (QED) is 0.0271. The standard InChI is InChI=1S/C108H159N3O9/c1-4-7-10-13-16-19-22-25-28-31-34-37-40-43-46-49-79-112-100-67-55-94(56-68-100)91-109-97-61-73-103(74-62-97)115-82-52-85-118-106-88-107(119-86-53-83-116-104-75-63-98(64-76-104)110-92-95-57-69-101(70-58-95)113-80-50-47-44-41-38-35-32-29-26-23-20-17-14-11-8-5-2)90-108(89-106)120-87-54-84-117-105-77-65-99(66-78-105)111-93-96-59-71-102(72-60-96)114-81-51-48-45-42-39-36-33-30-27-24-21-18-15-12-9-6-3/h55-78,88-93H,4-54,79-87H2,1-3H3. The van der Waals surface area contributed by atoms with E-state index in [0.29, 0.717) is 76.2 Å². The van der Waals surface area contributed by atoms with Crippen LogP contribution in [-0.2, 0) is 0 Å². The molecule has 0 N–H and O–H groups in total. The van der Waals surface area contributed by atoms with Gasteiger partial charge in [0.15, 0.2) is 0 Å². The van der Waals surface area contributed by atoms with E-state index in [9.17, 15) is 0 Å². The van der Waals surface area contributed by atoms with Crippen molar-refractivity contribution in [1.82, 2.24) is 0 Å². The minimum absolute atomic E-state index is 0.439. The first-order valence-corrected chi connectivity index (χ1v) is 48.5. The van der Waals surface area contributed by atoms with Gasteiger partial charge in [0.25, 0.3) is 0 Å². The van der Waals surface area contributed by atoms with Gasteiger partial charge in [0.2, 0.25) is 0 Å². The second-order valence-electron chi connectivity index (χ2n) is 33.2. The third kappa shape index (κ3) is 50.9. The van der Waals surface area contributed by atoms with Crippen LogP contribution >= 0.6 is 0 Å². The van der Waals surface area contributed by atoms with E-state index >= 15 is 0 Å². The van der Waals surface area contributed by atoms with E-state index in [0.717, 1.165) is 107 Å². The van der Waals surface area contributed by atoms with Crippen LogP contribution in [0.5, 0.6) is 51.7 Å². The molecule has 0 fully saturated rings. The maximum atomic E-state index is 6.32. The molecule has 0 bridgehead atoms. The number of benzene rings is 7. The summed E-state index contributed by atoms with van der Waals surface area (Å²) in [5.74, 6) is 7.00. The molecule has 0 amide bonds. The molecule has 0 saturated heterocycles. The van der Waals surface area contributed by atoms with Crippen LogP contribution in [0.1, 0.15) is 365 Å². The highest BCUT2D eigenvalue weighted by Crippen LogP contribution is 2.31. The summed E-state index contributed by atoms with van der Waals surface area (Å²) < 4.78 is 55.6. The summed E-state index contributed by atoms with van der Waals surface area (Å²) in [7, 11) is 0. The largest absolute Gasteiger partial charge is 0.494 e. The Hall–Kier alpha value is -8.25. The smallest absolute Gasteiger partial charge is 0.126 e. The van der Waals surface area contributed by atoms with Crippen molar-refractivity contribution in [3.05, 3.63) is 180 Å². The van der Waals surface area contributed by atoms with E-state index < -0.39 is 0 Å². The number of ether oxygens (including phenoxy) is 9. The molecule has 0 aliphatic carbocycles. The first-order chi connectivity index (χ1) is 59.5. The molecular weight excluding hydrogens is 1480 g/mol. The fraction of sp³-hybridized carbons (Fsp3) is 0.583. The van der Waals surface area contributed by atoms with Crippen molar-refractivity contribution in [3.63, 3.8) is 0 Å². The molecule has 660 valence electrons. The molecule has 7 rings (SSSR count). The molecule has 0 spiro atoms. The van der Waals surface area contributed by atoms with E-state index in [-0.39, 0.29) is 0 Å². The summed E-state index contributed by atoms with van der Waals surface area (Å²) in [6.07, 6.45) is 73.3. The summed E-state index contributed by atoms with van der Waals surface area (Å²) in [6.45, 7) is 11.9. The van der Waals surface area contributed by atoms with Crippen LogP contribution in [0.25, 0.3) is 0 Å². The molecule has 0 unspecified atom stereocenters. The first kappa shape index (κ1) is 98.9. The average Bonchev–Trinajstić information content (AvgIpc) is 0.862. The van der Waals surface area contributed by atoms with E-state index in [2.05, 4.69) is 57.2 Å². The summed E-state index contributed by atoms with van der Waals surface area (Å²) in [5.41, 5.74) is 5.63. The van der Waals surface area contributed by atoms with Crippen molar-refractivity contribution >= 4 is 35.7 Å². The SMILES string of the molecule is CCCCCCCCCCCCCCCCCCOc1ccc(C=Nc2ccc(OCCCOc3cc(OCCCOc4ccc(N=Cc5ccc(OCCCCCCCCCCCCCCCCCC)cc5)cc4)cc(OCCCOc4ccc(N=Cc5ccc(OCCCCCCCCCCCCCCCCCC)cc5)cc4)c3)cc2)cc1. The topological polar surface area (TPSA) is 120 Å². The predicted octanol–water partition coefficient (Wildman–Crippen LogP) is 32.4. The lowest BCUT2D eigenvalue weighted by Crippen LogP contribution is -2.08. The molecule has 0 aromatic heterocycles. The number of rotatable bonds is 78. The Balaban J connectivity index is 0.769. The molecule has 0 aliphatic rings. The molecule has 12 nitrogen and oxygen atoms in total. The van der Waals surface area contributed by atoms with Crippen molar-refractivity contribution in [2.45, 2.75) is 348 Å². The second-order valence-corrected chi connectivity index (χ2v) is 33.2. The molecular formula is C108H159N3O9. The van der Waals surface area contributed by atoms with E-state index in [1.807, 2.05) is 146 Å². The van der Waals surface area contributed by atoms with Crippen molar-refractivity contribution in [3.8, 4) is 51.7 Å². The summed E-state index contributed by atoms with van der Waals surface area (Å²) >= 11 is 0. The van der Waals surface area contributed by atoms with Gasteiger partial charge >= 0.3 is 0 Å². The Morgan fingerprint density at radius 1 is 0.158 bits per heavy atom. The summed E-state index contributed by atoms with van der Waals surface area (Å²) in [6, 6.07) is 53.9. The van der Waals surface area contributed by atoms with Gasteiger partial charge in [-0.3, -0.25) is 15.0 Å². The molecule has 0 aliphatic heterocycles. The van der Waals surface area contributed by atoms with Crippen LogP contribution in [0.2, 0.25) is 0 Å². The average molecular weight is 1640 g/mol. The number of hydrogen-bond donors (Lipinski definition) is 0. The molecule has 0 atom stereocenters. The van der Waals surface area contributed by atoms with Gasteiger partial charge in [0, 0.05) is 56.1 Å². The zero-order valence-electron chi connectivity index (χ0n) is 75.3. The van der Waals surface area contributed by atoms with Crippen molar-refractivity contribution in [2.24, 2.45) is 15.0 Å². The zero-order valence-corrected chi connectivity index (χ0v) is 75.3. The maximum absolute atomic E-state index is 6.32. The van der Waals surface area contributed by atoms with Crippen LogP contribution in [0.15, 0.2) is 179 Å². The highest BCUT2D eigenvalue weighted by atomic mass is 16.5. The molecule has 0 radical (unpaired) electrons. The van der Waals surface area contributed by atoms with Crippen LogP contribution in [0, 0.1) is 0 Å². The molecule has 12 heteroatoms. The van der Waals surface area contributed by atoms with Gasteiger partial charge in [-0.2, -0.15) is 0 Å². The number of hydrogen-bond acceptors (Lipinski definition) is 12. The predicted molar refractivity (Wildman–Crippen MR) is 509 cm³/mol. The first-order valence-electron chi connectivity index (χ1n) is 48.5. The van der Waals surface area contributed by atoms with Gasteiger partial charge in [0.1, 0.15) is 51.7 Å². The minimum Gasteiger partial charge on any atom is -0.494 e. The monoisotopic (exact) mass is 1640 g/mol. The third-order valence-corrected chi connectivity index (χ3v) is 22.4. The van der Waals surface area contributed by atoms with Crippen molar-refractivity contribution < 1.29 is 42.6 Å². The highest BCUT2D eigenvalue weighted by molar-refractivity contribution is 5.83. The highest BCUT2D eigenvalue weighted by Gasteiger charge is 2.10. The lowest BCUT2D eigenvalue weighted by atomic mass is 10.0. The fourth-order valence-electron chi connectivity index (χ4n) is 14.9. The van der Waals surface area contributed by atoms with E-state index in [1.54, 1.807) is 0 Å². The number of nitrogens with zero attached hydrogens (tertiary/aromatic N) is 3. The van der Waals surface area contributed by atoms with Gasteiger partial charge in [-0.05, 0) is 182 Å². The Labute approximate surface area is 729 Å². The van der Waals surface area contributed by atoms with Gasteiger partial charge in [-0.25, -0.2) is 0 Å². The second kappa shape index (κ2) is 69.3. The van der Waals surface area contributed by atoms with E-state index in [1.165, 1.54) is 289 Å².